The summed E-state index contributed by atoms with van der Waals surface area (Å²) in [4.78, 5) is 0. The van der Waals surface area contributed by atoms with Gasteiger partial charge in [-0.05, 0) is 45.7 Å². The molecule has 0 radical (unpaired) electrons. The Kier molecular flexibility index (Phi) is 3.92. The lowest BCUT2D eigenvalue weighted by atomic mass is 9.87. The third kappa shape index (κ3) is 3.67. The van der Waals surface area contributed by atoms with Gasteiger partial charge in [-0.2, -0.15) is 0 Å². The van der Waals surface area contributed by atoms with Crippen LogP contribution in [-0.2, 0) is 0 Å². The van der Waals surface area contributed by atoms with Gasteiger partial charge in [-0.25, -0.2) is 0 Å². The van der Waals surface area contributed by atoms with Crippen LogP contribution in [0.5, 0.6) is 0 Å². The van der Waals surface area contributed by atoms with Gasteiger partial charge in [0.05, 0.1) is 0 Å². The van der Waals surface area contributed by atoms with Gasteiger partial charge in [0.15, 0.2) is 0 Å². The maximum absolute atomic E-state index is 3.35. The van der Waals surface area contributed by atoms with E-state index in [4.69, 9.17) is 0 Å². The first kappa shape index (κ1) is 12.3. The van der Waals surface area contributed by atoms with E-state index in [1.54, 1.807) is 0 Å². The summed E-state index contributed by atoms with van der Waals surface area (Å²) in [6.45, 7) is 8.92. The van der Waals surface area contributed by atoms with Crippen molar-refractivity contribution in [2.24, 2.45) is 0 Å². The summed E-state index contributed by atoms with van der Waals surface area (Å²) in [5, 5.41) is 3.35. The summed E-state index contributed by atoms with van der Waals surface area (Å²) in [7, 11) is 2.03. The summed E-state index contributed by atoms with van der Waals surface area (Å²) in [6, 6.07) is 8.87. The molecule has 0 spiro atoms. The number of aryl methyl sites for hydroxylation is 1. The Morgan fingerprint density at radius 3 is 2.20 bits per heavy atom. The lowest BCUT2D eigenvalue weighted by Crippen LogP contribution is -2.37. The first-order chi connectivity index (χ1) is 6.94. The molecule has 1 rings (SSSR count). The Morgan fingerprint density at radius 1 is 1.20 bits per heavy atom. The maximum atomic E-state index is 3.35. The number of hydrogen-bond acceptors (Lipinski definition) is 1. The Hall–Kier alpha value is -0.820. The van der Waals surface area contributed by atoms with Crippen LogP contribution in [-0.4, -0.2) is 12.6 Å². The highest BCUT2D eigenvalue weighted by molar-refractivity contribution is 5.24. The van der Waals surface area contributed by atoms with E-state index >= 15 is 0 Å². The molecule has 84 valence electrons. The largest absolute Gasteiger partial charge is 0.315 e. The third-order valence-electron chi connectivity index (χ3n) is 3.14. The predicted octanol–water partition coefficient (Wildman–Crippen LogP) is 3.49. The van der Waals surface area contributed by atoms with Crippen molar-refractivity contribution in [3.8, 4) is 0 Å². The topological polar surface area (TPSA) is 12.0 Å². The van der Waals surface area contributed by atoms with Crippen molar-refractivity contribution < 1.29 is 0 Å². The first-order valence-corrected chi connectivity index (χ1v) is 5.70. The fourth-order valence-corrected chi connectivity index (χ4v) is 1.88. The van der Waals surface area contributed by atoms with Crippen molar-refractivity contribution in [3.05, 3.63) is 35.4 Å². The molecule has 15 heavy (non-hydrogen) atoms. The molecule has 1 aromatic rings. The van der Waals surface area contributed by atoms with Crippen molar-refractivity contribution in [1.82, 2.24) is 5.32 Å². The van der Waals surface area contributed by atoms with Crippen LogP contribution in [0.1, 0.15) is 44.2 Å². The van der Waals surface area contributed by atoms with Crippen LogP contribution >= 0.6 is 0 Å². The number of nitrogens with one attached hydrogen (secondary N) is 1. The second-order valence-electron chi connectivity index (χ2n) is 5.15. The molecule has 1 unspecified atom stereocenters. The fourth-order valence-electron chi connectivity index (χ4n) is 1.88. The highest BCUT2D eigenvalue weighted by atomic mass is 14.9. The van der Waals surface area contributed by atoms with Crippen LogP contribution < -0.4 is 5.32 Å². The average molecular weight is 205 g/mol. The van der Waals surface area contributed by atoms with E-state index in [2.05, 4.69) is 57.3 Å². The van der Waals surface area contributed by atoms with Gasteiger partial charge in [0.2, 0.25) is 0 Å². The van der Waals surface area contributed by atoms with Crippen LogP contribution in [0, 0.1) is 6.92 Å². The van der Waals surface area contributed by atoms with E-state index in [9.17, 15) is 0 Å². The van der Waals surface area contributed by atoms with Gasteiger partial charge in [-0.1, -0.05) is 36.8 Å². The lowest BCUT2D eigenvalue weighted by molar-refractivity contribution is 0.367. The molecule has 0 amide bonds. The van der Waals surface area contributed by atoms with Gasteiger partial charge in [0.25, 0.3) is 0 Å². The highest BCUT2D eigenvalue weighted by Crippen LogP contribution is 2.25. The second kappa shape index (κ2) is 4.80. The summed E-state index contributed by atoms with van der Waals surface area (Å²) in [5.41, 5.74) is 2.98. The Labute approximate surface area is 93.9 Å². The van der Waals surface area contributed by atoms with E-state index in [1.807, 2.05) is 7.05 Å². The molecule has 1 atom stereocenters. The fraction of sp³-hybridized carbons (Fsp3) is 0.571. The molecule has 0 fully saturated rings. The van der Waals surface area contributed by atoms with Crippen molar-refractivity contribution in [1.29, 1.82) is 0 Å². The molecule has 0 saturated heterocycles. The molecular formula is C14H23N. The summed E-state index contributed by atoms with van der Waals surface area (Å²) in [5.74, 6) is 0.605. The zero-order valence-corrected chi connectivity index (χ0v) is 10.6. The molecule has 0 aliphatic carbocycles. The SMILES string of the molecule is CNC(C)(C)CC(C)c1ccc(C)cc1. The van der Waals surface area contributed by atoms with E-state index < -0.39 is 0 Å². The highest BCUT2D eigenvalue weighted by Gasteiger charge is 2.19. The molecule has 1 nitrogen and oxygen atoms in total. The average Bonchev–Trinajstić information content (AvgIpc) is 2.18. The lowest BCUT2D eigenvalue weighted by Gasteiger charge is -2.27. The first-order valence-electron chi connectivity index (χ1n) is 5.70. The van der Waals surface area contributed by atoms with Crippen molar-refractivity contribution in [2.45, 2.75) is 45.6 Å². The van der Waals surface area contributed by atoms with Crippen molar-refractivity contribution in [3.63, 3.8) is 0 Å². The quantitative estimate of drug-likeness (QED) is 0.793. The minimum absolute atomic E-state index is 0.213. The zero-order valence-electron chi connectivity index (χ0n) is 10.6. The zero-order chi connectivity index (χ0) is 11.5. The molecule has 0 saturated carbocycles. The summed E-state index contributed by atoms with van der Waals surface area (Å²) in [6.07, 6.45) is 1.16. The van der Waals surface area contributed by atoms with Gasteiger partial charge in [0.1, 0.15) is 0 Å². The van der Waals surface area contributed by atoms with E-state index in [-0.39, 0.29) is 5.54 Å². The van der Waals surface area contributed by atoms with Gasteiger partial charge >= 0.3 is 0 Å². The predicted molar refractivity (Wildman–Crippen MR) is 67.3 cm³/mol. The standard InChI is InChI=1S/C14H23N/c1-11-6-8-13(9-7-11)12(2)10-14(3,4)15-5/h6-9,12,15H,10H2,1-5H3. The molecule has 1 heteroatoms. The van der Waals surface area contributed by atoms with Gasteiger partial charge in [-0.15, -0.1) is 0 Å². The summed E-state index contributed by atoms with van der Waals surface area (Å²) < 4.78 is 0. The minimum Gasteiger partial charge on any atom is -0.315 e. The van der Waals surface area contributed by atoms with E-state index in [1.165, 1.54) is 11.1 Å². The third-order valence-corrected chi connectivity index (χ3v) is 3.14. The van der Waals surface area contributed by atoms with Crippen LogP contribution in [0.25, 0.3) is 0 Å². The molecular weight excluding hydrogens is 182 g/mol. The van der Waals surface area contributed by atoms with E-state index in [0.29, 0.717) is 5.92 Å². The van der Waals surface area contributed by atoms with Crippen LogP contribution in [0.2, 0.25) is 0 Å². The normalized spacial score (nSPS) is 13.9. The van der Waals surface area contributed by atoms with Crippen LogP contribution in [0.4, 0.5) is 0 Å². The minimum atomic E-state index is 0.213. The number of benzene rings is 1. The molecule has 0 aliphatic heterocycles. The van der Waals surface area contributed by atoms with E-state index in [0.717, 1.165) is 6.42 Å². The van der Waals surface area contributed by atoms with Crippen LogP contribution in [0.3, 0.4) is 0 Å². The maximum Gasteiger partial charge on any atom is 0.0127 e. The van der Waals surface area contributed by atoms with Gasteiger partial charge in [0, 0.05) is 5.54 Å². The van der Waals surface area contributed by atoms with Crippen LogP contribution in [0.15, 0.2) is 24.3 Å². The van der Waals surface area contributed by atoms with Crippen molar-refractivity contribution >= 4 is 0 Å². The van der Waals surface area contributed by atoms with Crippen molar-refractivity contribution in [2.75, 3.05) is 7.05 Å². The molecule has 0 aliphatic rings. The summed E-state index contributed by atoms with van der Waals surface area (Å²) >= 11 is 0. The van der Waals surface area contributed by atoms with Gasteiger partial charge in [-0.3, -0.25) is 0 Å². The Balaban J connectivity index is 2.69. The molecule has 0 heterocycles. The van der Waals surface area contributed by atoms with Gasteiger partial charge < -0.3 is 5.32 Å². The molecule has 0 bridgehead atoms. The second-order valence-corrected chi connectivity index (χ2v) is 5.15. The smallest absolute Gasteiger partial charge is 0.0127 e. The Bertz CT molecular complexity index is 298. The Morgan fingerprint density at radius 2 is 1.73 bits per heavy atom. The monoisotopic (exact) mass is 205 g/mol. The number of hydrogen-bond donors (Lipinski definition) is 1. The number of rotatable bonds is 4. The molecule has 1 aromatic carbocycles. The molecule has 0 aromatic heterocycles. The molecule has 1 N–H and O–H groups in total.